The Balaban J connectivity index is 1.63. The molecule has 0 unspecified atom stereocenters. The number of carbonyl (C=O) groups is 5. The van der Waals surface area contributed by atoms with Crippen molar-refractivity contribution in [3.63, 3.8) is 0 Å². The maximum atomic E-state index is 14.1. The van der Waals surface area contributed by atoms with Gasteiger partial charge in [-0.3, -0.25) is 33.9 Å². The van der Waals surface area contributed by atoms with Crippen LogP contribution in [0.1, 0.15) is 98.9 Å². The van der Waals surface area contributed by atoms with E-state index < -0.39 is 36.0 Å². The minimum absolute atomic E-state index is 0.0795. The Morgan fingerprint density at radius 3 is 2.19 bits per heavy atom. The topological polar surface area (TPSA) is 126 Å². The van der Waals surface area contributed by atoms with Gasteiger partial charge >= 0.3 is 0 Å². The Morgan fingerprint density at radius 1 is 0.917 bits per heavy atom. The van der Waals surface area contributed by atoms with Gasteiger partial charge in [-0.2, -0.15) is 0 Å². The molecule has 5 amide bonds. The number of amides is 5. The molecule has 48 heavy (non-hydrogen) atoms. The molecule has 1 fully saturated rings. The zero-order valence-electron chi connectivity index (χ0n) is 28.4. The molecule has 2 aliphatic heterocycles. The quantitative estimate of drug-likeness (QED) is 0.201. The molecule has 2 aliphatic rings. The molecule has 0 aromatic heterocycles. The molecule has 0 saturated carbocycles. The Kier molecular flexibility index (Phi) is 13.5. The maximum absolute atomic E-state index is 14.1. The summed E-state index contributed by atoms with van der Waals surface area (Å²) < 4.78 is 5.62. The highest BCUT2D eigenvalue weighted by Crippen LogP contribution is 2.24. The molecule has 1 saturated heterocycles. The lowest BCUT2D eigenvalue weighted by molar-refractivity contribution is -0.206. The van der Waals surface area contributed by atoms with Crippen molar-refractivity contribution in [3.05, 3.63) is 77.4 Å². The third kappa shape index (κ3) is 9.84. The third-order valence-electron chi connectivity index (χ3n) is 8.20. The standard InChI is InChI=1S/C37H48N4O7/c1-26(2)20-21-33(43)41(31(18-12-15-28-13-6-5-7-14-28)35(44)38-48-34-19-10-11-24-47-34)40(25-27(3)4)32(42)22-23-39-36(45)29-16-8-9-17-30(29)37(39)46/h5-9,12-17,26-27,31,34H,10-11,18-25H2,1-4H3,(H,38,44)/t31-,34+/m0/s1. The molecular weight excluding hydrogens is 612 g/mol. The Hall–Kier alpha value is -4.35. The van der Waals surface area contributed by atoms with Gasteiger partial charge in [0.2, 0.25) is 11.8 Å². The Labute approximate surface area is 283 Å². The van der Waals surface area contributed by atoms with Gasteiger partial charge in [-0.1, -0.05) is 82.3 Å². The summed E-state index contributed by atoms with van der Waals surface area (Å²) in [4.78, 5) is 74.9. The van der Waals surface area contributed by atoms with E-state index >= 15 is 0 Å². The number of benzene rings is 2. The molecular formula is C37H48N4O7. The highest BCUT2D eigenvalue weighted by atomic mass is 16.8. The number of nitrogens with zero attached hydrogens (tertiary/aromatic N) is 3. The second kappa shape index (κ2) is 17.7. The smallest absolute Gasteiger partial charge is 0.268 e. The lowest BCUT2D eigenvalue weighted by Gasteiger charge is -2.40. The molecule has 2 aromatic carbocycles. The van der Waals surface area contributed by atoms with Crippen LogP contribution in [0.15, 0.2) is 60.7 Å². The summed E-state index contributed by atoms with van der Waals surface area (Å²) in [6, 6.07) is 15.0. The van der Waals surface area contributed by atoms with E-state index in [-0.39, 0.29) is 50.1 Å². The Bertz CT molecular complexity index is 1420. The SMILES string of the molecule is CC(C)CCC(=O)N([C@@H](CC=Cc1ccccc1)C(=O)NO[C@@H]1CCCCO1)N(CC(C)C)C(=O)CCN1C(=O)c2ccccc2C1=O. The summed E-state index contributed by atoms with van der Waals surface area (Å²) in [6.45, 7) is 8.31. The summed E-state index contributed by atoms with van der Waals surface area (Å²) in [5.41, 5.74) is 4.02. The van der Waals surface area contributed by atoms with Crippen molar-refractivity contribution in [2.45, 2.75) is 85.0 Å². The van der Waals surface area contributed by atoms with E-state index in [0.29, 0.717) is 30.6 Å². The summed E-state index contributed by atoms with van der Waals surface area (Å²) in [7, 11) is 0. The number of hydrogen-bond acceptors (Lipinski definition) is 7. The van der Waals surface area contributed by atoms with Gasteiger partial charge in [0.05, 0.1) is 11.1 Å². The van der Waals surface area contributed by atoms with Crippen molar-refractivity contribution >= 4 is 35.6 Å². The normalized spacial score (nSPS) is 16.8. The van der Waals surface area contributed by atoms with Gasteiger partial charge in [0.25, 0.3) is 17.7 Å². The van der Waals surface area contributed by atoms with Crippen molar-refractivity contribution in [3.8, 4) is 0 Å². The highest BCUT2D eigenvalue weighted by Gasteiger charge is 2.39. The molecule has 0 bridgehead atoms. The van der Waals surface area contributed by atoms with Crippen molar-refractivity contribution in [1.29, 1.82) is 0 Å². The van der Waals surface area contributed by atoms with E-state index in [2.05, 4.69) is 5.48 Å². The molecule has 0 aliphatic carbocycles. The van der Waals surface area contributed by atoms with Gasteiger partial charge in [-0.05, 0) is 55.2 Å². The highest BCUT2D eigenvalue weighted by molar-refractivity contribution is 6.21. The third-order valence-corrected chi connectivity index (χ3v) is 8.20. The fourth-order valence-corrected chi connectivity index (χ4v) is 5.65. The number of rotatable bonds is 15. The first-order valence-corrected chi connectivity index (χ1v) is 16.9. The average molecular weight is 661 g/mol. The fraction of sp³-hybridized carbons (Fsp3) is 0.486. The van der Waals surface area contributed by atoms with Crippen molar-refractivity contribution in [2.24, 2.45) is 11.8 Å². The van der Waals surface area contributed by atoms with E-state index in [1.807, 2.05) is 64.1 Å². The first-order chi connectivity index (χ1) is 23.1. The lowest BCUT2D eigenvalue weighted by atomic mass is 10.1. The molecule has 2 heterocycles. The first-order valence-electron chi connectivity index (χ1n) is 16.9. The molecule has 2 aromatic rings. The molecule has 4 rings (SSSR count). The number of ether oxygens (including phenoxy) is 1. The Morgan fingerprint density at radius 2 is 1.58 bits per heavy atom. The number of hydrogen-bond donors (Lipinski definition) is 1. The van der Waals surface area contributed by atoms with Crippen LogP contribution in [0.25, 0.3) is 6.08 Å². The first kappa shape index (κ1) is 36.5. The molecule has 11 heteroatoms. The largest absolute Gasteiger partial charge is 0.350 e. The summed E-state index contributed by atoms with van der Waals surface area (Å²) in [6.07, 6.45) is 5.99. The number of hydrazine groups is 1. The van der Waals surface area contributed by atoms with Crippen LogP contribution < -0.4 is 5.48 Å². The van der Waals surface area contributed by atoms with Gasteiger partial charge in [0.1, 0.15) is 6.04 Å². The zero-order chi connectivity index (χ0) is 34.6. The molecule has 11 nitrogen and oxygen atoms in total. The van der Waals surface area contributed by atoms with Crippen molar-refractivity contribution in [1.82, 2.24) is 20.4 Å². The summed E-state index contributed by atoms with van der Waals surface area (Å²) >= 11 is 0. The molecule has 2 atom stereocenters. The lowest BCUT2D eigenvalue weighted by Crippen LogP contribution is -2.60. The minimum atomic E-state index is -1.14. The van der Waals surface area contributed by atoms with Crippen LogP contribution in [0.2, 0.25) is 0 Å². The van der Waals surface area contributed by atoms with E-state index in [1.165, 1.54) is 10.0 Å². The minimum Gasteiger partial charge on any atom is -0.350 e. The van der Waals surface area contributed by atoms with E-state index in [1.54, 1.807) is 30.3 Å². The van der Waals surface area contributed by atoms with Crippen LogP contribution in [0.5, 0.6) is 0 Å². The number of imide groups is 1. The predicted octanol–water partition coefficient (Wildman–Crippen LogP) is 5.38. The van der Waals surface area contributed by atoms with Gasteiger partial charge in [-0.15, -0.1) is 0 Å². The van der Waals surface area contributed by atoms with E-state index in [0.717, 1.165) is 23.3 Å². The van der Waals surface area contributed by atoms with E-state index in [9.17, 15) is 24.0 Å². The van der Waals surface area contributed by atoms with E-state index in [4.69, 9.17) is 9.57 Å². The maximum Gasteiger partial charge on any atom is 0.268 e. The van der Waals surface area contributed by atoms with Crippen LogP contribution in [0.3, 0.4) is 0 Å². The predicted molar refractivity (Wildman–Crippen MR) is 181 cm³/mol. The summed E-state index contributed by atoms with van der Waals surface area (Å²) in [5.74, 6) is -2.27. The van der Waals surface area contributed by atoms with Crippen LogP contribution in [-0.4, -0.2) is 76.5 Å². The number of fused-ring (bicyclic) bond motifs is 1. The number of carbonyl (C=O) groups excluding carboxylic acids is 5. The van der Waals surface area contributed by atoms with Gasteiger partial charge < -0.3 is 4.74 Å². The average Bonchev–Trinajstić information content (AvgIpc) is 3.33. The fourth-order valence-electron chi connectivity index (χ4n) is 5.65. The monoisotopic (exact) mass is 660 g/mol. The van der Waals surface area contributed by atoms with Crippen LogP contribution in [0.4, 0.5) is 0 Å². The second-order valence-corrected chi connectivity index (χ2v) is 13.0. The van der Waals surface area contributed by atoms with Gasteiger partial charge in [0.15, 0.2) is 6.29 Å². The van der Waals surface area contributed by atoms with Crippen molar-refractivity contribution < 1.29 is 33.5 Å². The van der Waals surface area contributed by atoms with Crippen LogP contribution in [-0.2, 0) is 24.0 Å². The van der Waals surface area contributed by atoms with Crippen LogP contribution in [0, 0.1) is 11.8 Å². The molecule has 0 spiro atoms. The molecule has 0 radical (unpaired) electrons. The van der Waals surface area contributed by atoms with Crippen molar-refractivity contribution in [2.75, 3.05) is 19.7 Å². The van der Waals surface area contributed by atoms with Crippen LogP contribution >= 0.6 is 0 Å². The number of hydroxylamine groups is 1. The zero-order valence-corrected chi connectivity index (χ0v) is 28.4. The second-order valence-electron chi connectivity index (χ2n) is 13.0. The summed E-state index contributed by atoms with van der Waals surface area (Å²) in [5, 5.41) is 2.59. The molecule has 258 valence electrons. The number of nitrogens with one attached hydrogen (secondary N) is 1. The van der Waals surface area contributed by atoms with Gasteiger partial charge in [0, 0.05) is 39.0 Å². The van der Waals surface area contributed by atoms with Gasteiger partial charge in [-0.25, -0.2) is 15.3 Å². The molecule has 1 N–H and O–H groups in total.